The third-order valence-electron chi connectivity index (χ3n) is 3.99. The van der Waals surface area contributed by atoms with Crippen LogP contribution in [0.3, 0.4) is 0 Å². The van der Waals surface area contributed by atoms with Gasteiger partial charge in [0.1, 0.15) is 12.4 Å². The van der Waals surface area contributed by atoms with Crippen LogP contribution < -0.4 is 19.6 Å². The van der Waals surface area contributed by atoms with Crippen molar-refractivity contribution in [3.63, 3.8) is 0 Å². The highest BCUT2D eigenvalue weighted by Gasteiger charge is 2.11. The largest absolute Gasteiger partial charge is 0.493 e. The Morgan fingerprint density at radius 2 is 1.73 bits per heavy atom. The fourth-order valence-electron chi connectivity index (χ4n) is 2.56. The van der Waals surface area contributed by atoms with E-state index in [4.69, 9.17) is 14.2 Å². The van der Waals surface area contributed by atoms with Gasteiger partial charge in [-0.05, 0) is 51.3 Å². The van der Waals surface area contributed by atoms with E-state index < -0.39 is 0 Å². The Morgan fingerprint density at radius 1 is 1.03 bits per heavy atom. The van der Waals surface area contributed by atoms with Gasteiger partial charge in [0.2, 0.25) is 0 Å². The number of halogens is 1. The number of rotatable bonds is 9. The molecular formula is C23H21BrN2O4. The van der Waals surface area contributed by atoms with E-state index in [-0.39, 0.29) is 12.5 Å². The molecule has 0 aliphatic carbocycles. The van der Waals surface area contributed by atoms with Crippen LogP contribution >= 0.6 is 15.9 Å². The number of nitrogens with zero attached hydrogens (tertiary/aromatic N) is 1. The van der Waals surface area contributed by atoms with E-state index in [0.29, 0.717) is 23.9 Å². The number of hydrazone groups is 1. The van der Waals surface area contributed by atoms with Crippen LogP contribution in [0.15, 0.2) is 82.4 Å². The van der Waals surface area contributed by atoms with Crippen LogP contribution in [0.25, 0.3) is 0 Å². The van der Waals surface area contributed by atoms with E-state index in [1.807, 2.05) is 54.6 Å². The van der Waals surface area contributed by atoms with Gasteiger partial charge in [-0.3, -0.25) is 4.79 Å². The highest BCUT2D eigenvalue weighted by Crippen LogP contribution is 2.36. The van der Waals surface area contributed by atoms with Crippen LogP contribution in [0.1, 0.15) is 11.1 Å². The molecule has 3 rings (SSSR count). The Balaban J connectivity index is 1.57. The molecule has 0 aliphatic rings. The Kier molecular flexibility index (Phi) is 7.86. The van der Waals surface area contributed by atoms with Gasteiger partial charge in [0, 0.05) is 0 Å². The van der Waals surface area contributed by atoms with E-state index in [0.717, 1.165) is 15.6 Å². The normalized spacial score (nSPS) is 10.6. The molecule has 0 spiro atoms. The van der Waals surface area contributed by atoms with E-state index in [9.17, 15) is 4.79 Å². The molecule has 0 fully saturated rings. The quantitative estimate of drug-likeness (QED) is 0.369. The first-order valence-corrected chi connectivity index (χ1v) is 9.99. The summed E-state index contributed by atoms with van der Waals surface area (Å²) in [4.78, 5) is 11.9. The molecule has 7 heteroatoms. The van der Waals surface area contributed by atoms with Gasteiger partial charge < -0.3 is 14.2 Å². The first-order valence-electron chi connectivity index (χ1n) is 9.19. The molecule has 0 unspecified atom stereocenters. The molecule has 1 amide bonds. The monoisotopic (exact) mass is 468 g/mol. The number of hydrogen-bond acceptors (Lipinski definition) is 5. The molecule has 0 aromatic heterocycles. The first-order chi connectivity index (χ1) is 14.7. The summed E-state index contributed by atoms with van der Waals surface area (Å²) in [5.74, 6) is 1.42. The Hall–Kier alpha value is -3.32. The fraction of sp³-hybridized carbons (Fsp3) is 0.130. The summed E-state index contributed by atoms with van der Waals surface area (Å²) in [7, 11) is 1.57. The van der Waals surface area contributed by atoms with Crippen molar-refractivity contribution in [3.8, 4) is 17.2 Å². The number of hydrogen-bond donors (Lipinski definition) is 1. The van der Waals surface area contributed by atoms with Crippen LogP contribution in [0.5, 0.6) is 17.2 Å². The summed E-state index contributed by atoms with van der Waals surface area (Å²) in [5.41, 5.74) is 4.22. The molecular weight excluding hydrogens is 448 g/mol. The van der Waals surface area contributed by atoms with Crippen molar-refractivity contribution in [3.05, 3.63) is 88.4 Å². The SMILES string of the molecule is COc1cc(/C=N/NC(=O)COc2ccccc2)cc(Br)c1OCc1ccccc1. The molecule has 154 valence electrons. The second-order valence-corrected chi connectivity index (χ2v) is 7.06. The van der Waals surface area contributed by atoms with Gasteiger partial charge in [-0.1, -0.05) is 48.5 Å². The Labute approximate surface area is 183 Å². The number of methoxy groups -OCH3 is 1. The van der Waals surface area contributed by atoms with Gasteiger partial charge in [-0.25, -0.2) is 5.43 Å². The predicted molar refractivity (Wildman–Crippen MR) is 119 cm³/mol. The fourth-order valence-corrected chi connectivity index (χ4v) is 3.13. The number of carbonyl (C=O) groups is 1. The van der Waals surface area contributed by atoms with Crippen LogP contribution in [-0.2, 0) is 11.4 Å². The van der Waals surface area contributed by atoms with Gasteiger partial charge in [-0.2, -0.15) is 5.10 Å². The van der Waals surface area contributed by atoms with Crippen molar-refractivity contribution in [2.45, 2.75) is 6.61 Å². The van der Waals surface area contributed by atoms with E-state index >= 15 is 0 Å². The van der Waals surface area contributed by atoms with Gasteiger partial charge in [-0.15, -0.1) is 0 Å². The standard InChI is InChI=1S/C23H21BrN2O4/c1-28-21-13-18(12-20(24)23(21)30-15-17-8-4-2-5-9-17)14-25-26-22(27)16-29-19-10-6-3-7-11-19/h2-14H,15-16H2,1H3,(H,26,27)/b25-14+. The minimum atomic E-state index is -0.357. The average molecular weight is 469 g/mol. The summed E-state index contributed by atoms with van der Waals surface area (Å²) in [6.07, 6.45) is 1.52. The second-order valence-electron chi connectivity index (χ2n) is 6.20. The van der Waals surface area contributed by atoms with Crippen LogP contribution in [0.4, 0.5) is 0 Å². The summed E-state index contributed by atoms with van der Waals surface area (Å²) in [6, 6.07) is 22.6. The van der Waals surface area contributed by atoms with E-state index in [1.165, 1.54) is 6.21 Å². The van der Waals surface area contributed by atoms with Gasteiger partial charge in [0.05, 0.1) is 17.8 Å². The van der Waals surface area contributed by atoms with Crippen molar-refractivity contribution in [2.24, 2.45) is 5.10 Å². The molecule has 1 N–H and O–H groups in total. The van der Waals surface area contributed by atoms with Gasteiger partial charge in [0.25, 0.3) is 5.91 Å². The highest BCUT2D eigenvalue weighted by molar-refractivity contribution is 9.10. The van der Waals surface area contributed by atoms with Crippen LogP contribution in [0.2, 0.25) is 0 Å². The minimum Gasteiger partial charge on any atom is -0.493 e. The third-order valence-corrected chi connectivity index (χ3v) is 4.58. The number of ether oxygens (including phenoxy) is 3. The number of carbonyl (C=O) groups excluding carboxylic acids is 1. The summed E-state index contributed by atoms with van der Waals surface area (Å²) < 4.78 is 17.5. The van der Waals surface area contributed by atoms with Gasteiger partial charge in [0.15, 0.2) is 18.1 Å². The lowest BCUT2D eigenvalue weighted by molar-refractivity contribution is -0.123. The second kappa shape index (κ2) is 11.0. The molecule has 0 heterocycles. The van der Waals surface area contributed by atoms with Crippen molar-refractivity contribution >= 4 is 28.1 Å². The summed E-state index contributed by atoms with van der Waals surface area (Å²) >= 11 is 3.51. The molecule has 30 heavy (non-hydrogen) atoms. The summed E-state index contributed by atoms with van der Waals surface area (Å²) in [6.45, 7) is 0.293. The van der Waals surface area contributed by atoms with Crippen molar-refractivity contribution in [2.75, 3.05) is 13.7 Å². The number of amides is 1. The number of benzene rings is 3. The maximum absolute atomic E-state index is 11.9. The maximum Gasteiger partial charge on any atom is 0.277 e. The lowest BCUT2D eigenvalue weighted by atomic mass is 10.2. The zero-order valence-electron chi connectivity index (χ0n) is 16.4. The Morgan fingerprint density at radius 3 is 2.43 bits per heavy atom. The van der Waals surface area contributed by atoms with E-state index in [1.54, 1.807) is 25.3 Å². The molecule has 3 aromatic carbocycles. The zero-order chi connectivity index (χ0) is 21.2. The van der Waals surface area contributed by atoms with Crippen LogP contribution in [-0.4, -0.2) is 25.8 Å². The van der Waals surface area contributed by atoms with E-state index in [2.05, 4.69) is 26.5 Å². The molecule has 6 nitrogen and oxygen atoms in total. The lowest BCUT2D eigenvalue weighted by Gasteiger charge is -2.13. The lowest BCUT2D eigenvalue weighted by Crippen LogP contribution is -2.24. The zero-order valence-corrected chi connectivity index (χ0v) is 18.0. The molecule has 0 bridgehead atoms. The molecule has 0 saturated carbocycles. The summed E-state index contributed by atoms with van der Waals surface area (Å²) in [5, 5.41) is 3.97. The molecule has 3 aromatic rings. The average Bonchev–Trinajstić information content (AvgIpc) is 2.78. The van der Waals surface area contributed by atoms with Crippen molar-refractivity contribution in [1.29, 1.82) is 0 Å². The first kappa shape index (κ1) is 21.4. The number of para-hydroxylation sites is 1. The minimum absolute atomic E-state index is 0.124. The van der Waals surface area contributed by atoms with Crippen molar-refractivity contribution < 1.29 is 19.0 Å². The maximum atomic E-state index is 11.9. The molecule has 0 aliphatic heterocycles. The smallest absolute Gasteiger partial charge is 0.277 e. The van der Waals surface area contributed by atoms with Gasteiger partial charge >= 0.3 is 0 Å². The molecule has 0 radical (unpaired) electrons. The molecule has 0 atom stereocenters. The topological polar surface area (TPSA) is 69.2 Å². The van der Waals surface area contributed by atoms with Crippen molar-refractivity contribution in [1.82, 2.24) is 5.43 Å². The third kappa shape index (κ3) is 6.35. The molecule has 0 saturated heterocycles. The predicted octanol–water partition coefficient (Wildman–Crippen LogP) is 4.57. The Bertz CT molecular complexity index is 995. The number of nitrogens with one attached hydrogen (secondary N) is 1. The highest BCUT2D eigenvalue weighted by atomic mass is 79.9. The van der Waals surface area contributed by atoms with Crippen LogP contribution in [0, 0.1) is 0 Å².